The molecule has 0 saturated heterocycles. The fourth-order valence-electron chi connectivity index (χ4n) is 3.17. The number of hydrogen-bond acceptors (Lipinski definition) is 4. The summed E-state index contributed by atoms with van der Waals surface area (Å²) >= 11 is 0. The maximum Gasteiger partial charge on any atom is 0.205 e. The van der Waals surface area contributed by atoms with Crippen LogP contribution in [0.4, 0.5) is 0 Å². The zero-order valence-electron chi connectivity index (χ0n) is 14.2. The van der Waals surface area contributed by atoms with Crippen LogP contribution in [0.1, 0.15) is 21.6 Å². The molecule has 0 fully saturated rings. The maximum absolute atomic E-state index is 13.0. The van der Waals surface area contributed by atoms with Gasteiger partial charge in [-0.05, 0) is 36.8 Å². The van der Waals surface area contributed by atoms with Gasteiger partial charge in [0.05, 0.1) is 5.56 Å². The first-order valence-corrected chi connectivity index (χ1v) is 8.31. The van der Waals surface area contributed by atoms with Gasteiger partial charge in [0, 0.05) is 16.6 Å². The molecule has 0 unspecified atom stereocenters. The van der Waals surface area contributed by atoms with Crippen LogP contribution in [0.15, 0.2) is 48.0 Å². The first-order valence-electron chi connectivity index (χ1n) is 8.31. The van der Waals surface area contributed by atoms with Gasteiger partial charge in [-0.1, -0.05) is 24.3 Å². The summed E-state index contributed by atoms with van der Waals surface area (Å²) in [6, 6.07) is 15.0. The van der Waals surface area contributed by atoms with Crippen molar-refractivity contribution in [3.05, 3.63) is 64.9 Å². The number of carbonyl (C=O) groups excluding carboxylic acids is 1. The molecule has 4 rings (SSSR count). The number of aryl methyl sites for hydroxylation is 1. The molecule has 0 saturated carbocycles. The van der Waals surface area contributed by atoms with Crippen molar-refractivity contribution >= 4 is 22.8 Å². The molecule has 1 N–H and O–H groups in total. The van der Waals surface area contributed by atoms with E-state index in [4.69, 9.17) is 9.47 Å². The number of nitrogens with one attached hydrogen (secondary N) is 1. The number of fused-ring (bicyclic) bond motifs is 2. The van der Waals surface area contributed by atoms with Gasteiger partial charge in [0.15, 0.2) is 11.5 Å². The molecule has 5 nitrogen and oxygen atoms in total. The summed E-state index contributed by atoms with van der Waals surface area (Å²) in [7, 11) is 0. The van der Waals surface area contributed by atoms with E-state index < -0.39 is 0 Å². The van der Waals surface area contributed by atoms with E-state index in [1.807, 2.05) is 37.3 Å². The number of aromatic amines is 1. The first-order chi connectivity index (χ1) is 12.7. The zero-order valence-corrected chi connectivity index (χ0v) is 14.2. The minimum atomic E-state index is -0.294. The van der Waals surface area contributed by atoms with Crippen LogP contribution in [0.2, 0.25) is 0 Å². The van der Waals surface area contributed by atoms with Crippen LogP contribution in [0, 0.1) is 18.3 Å². The van der Waals surface area contributed by atoms with Crippen LogP contribution in [0.3, 0.4) is 0 Å². The van der Waals surface area contributed by atoms with Gasteiger partial charge < -0.3 is 14.5 Å². The van der Waals surface area contributed by atoms with Gasteiger partial charge in [-0.2, -0.15) is 5.26 Å². The summed E-state index contributed by atoms with van der Waals surface area (Å²) in [5.41, 5.74) is 2.96. The predicted molar refractivity (Wildman–Crippen MR) is 98.4 cm³/mol. The highest BCUT2D eigenvalue weighted by Gasteiger charge is 2.20. The van der Waals surface area contributed by atoms with E-state index in [2.05, 4.69) is 4.98 Å². The van der Waals surface area contributed by atoms with Crippen molar-refractivity contribution in [3.63, 3.8) is 0 Å². The van der Waals surface area contributed by atoms with Gasteiger partial charge in [0.25, 0.3) is 0 Å². The number of carbonyl (C=O) groups is 1. The minimum Gasteiger partial charge on any atom is -0.486 e. The van der Waals surface area contributed by atoms with Crippen molar-refractivity contribution in [2.24, 2.45) is 0 Å². The number of H-pyrrole nitrogens is 1. The van der Waals surface area contributed by atoms with Crippen molar-refractivity contribution in [3.8, 4) is 17.6 Å². The summed E-state index contributed by atoms with van der Waals surface area (Å²) in [6.07, 6.45) is 1.59. The van der Waals surface area contributed by atoms with E-state index in [1.54, 1.807) is 24.3 Å². The average molecular weight is 344 g/mol. The number of rotatable bonds is 3. The molecule has 2 heterocycles. The second-order valence-corrected chi connectivity index (χ2v) is 6.07. The molecule has 0 radical (unpaired) electrons. The van der Waals surface area contributed by atoms with Gasteiger partial charge in [0.1, 0.15) is 24.9 Å². The Bertz CT molecular complexity index is 1090. The molecule has 0 atom stereocenters. The van der Waals surface area contributed by atoms with Gasteiger partial charge in [-0.3, -0.25) is 4.79 Å². The largest absolute Gasteiger partial charge is 0.486 e. The average Bonchev–Trinajstić information content (AvgIpc) is 3.01. The molecule has 5 heteroatoms. The molecule has 0 bridgehead atoms. The van der Waals surface area contributed by atoms with Crippen LogP contribution < -0.4 is 9.47 Å². The standard InChI is InChI=1S/C21H16N2O3/c1-13-20(16-4-2-3-5-17(16)23-13)21(24)15(12-22)10-14-6-7-18-19(11-14)26-9-8-25-18/h2-7,10-11,23H,8-9H2,1H3. The number of nitrogens with zero attached hydrogens (tertiary/aromatic N) is 1. The molecular weight excluding hydrogens is 328 g/mol. The number of aromatic nitrogens is 1. The molecular formula is C21H16N2O3. The number of ketones is 1. The Morgan fingerprint density at radius 3 is 2.73 bits per heavy atom. The molecule has 2 aromatic carbocycles. The Hall–Kier alpha value is -3.52. The van der Waals surface area contributed by atoms with Crippen molar-refractivity contribution in [2.75, 3.05) is 13.2 Å². The molecule has 1 aromatic heterocycles. The maximum atomic E-state index is 13.0. The smallest absolute Gasteiger partial charge is 0.205 e. The molecule has 128 valence electrons. The van der Waals surface area contributed by atoms with E-state index in [0.29, 0.717) is 30.3 Å². The molecule has 0 amide bonds. The van der Waals surface area contributed by atoms with E-state index >= 15 is 0 Å². The second kappa shape index (κ2) is 6.41. The third-order valence-corrected chi connectivity index (χ3v) is 4.36. The van der Waals surface area contributed by atoms with Crippen LogP contribution in [0.25, 0.3) is 17.0 Å². The highest BCUT2D eigenvalue weighted by atomic mass is 16.6. The Morgan fingerprint density at radius 2 is 1.92 bits per heavy atom. The Morgan fingerprint density at radius 1 is 1.15 bits per heavy atom. The van der Waals surface area contributed by atoms with Crippen molar-refractivity contribution in [1.29, 1.82) is 5.26 Å². The quantitative estimate of drug-likeness (QED) is 0.442. The molecule has 1 aliphatic rings. The van der Waals surface area contributed by atoms with Gasteiger partial charge in [-0.15, -0.1) is 0 Å². The van der Waals surface area contributed by atoms with Gasteiger partial charge in [0.2, 0.25) is 5.78 Å². The Kier molecular flexibility index (Phi) is 3.94. The van der Waals surface area contributed by atoms with E-state index in [9.17, 15) is 10.1 Å². The van der Waals surface area contributed by atoms with E-state index in [-0.39, 0.29) is 11.4 Å². The SMILES string of the molecule is Cc1[nH]c2ccccc2c1C(=O)C(C#N)=Cc1ccc2c(c1)OCCO2. The lowest BCUT2D eigenvalue weighted by Gasteiger charge is -2.18. The zero-order chi connectivity index (χ0) is 18.1. The normalized spacial score (nSPS) is 13.5. The molecule has 3 aromatic rings. The monoisotopic (exact) mass is 344 g/mol. The molecule has 0 spiro atoms. The van der Waals surface area contributed by atoms with Crippen LogP contribution in [0.5, 0.6) is 11.5 Å². The van der Waals surface area contributed by atoms with Gasteiger partial charge in [-0.25, -0.2) is 0 Å². The number of Topliss-reactive ketones (excluding diaryl/α,β-unsaturated/α-hetero) is 1. The Balaban J connectivity index is 1.75. The van der Waals surface area contributed by atoms with Crippen molar-refractivity contribution in [2.45, 2.75) is 6.92 Å². The number of hydrogen-bond donors (Lipinski definition) is 1. The third kappa shape index (κ3) is 2.72. The minimum absolute atomic E-state index is 0.0783. The summed E-state index contributed by atoms with van der Waals surface area (Å²) in [5, 5.41) is 10.4. The summed E-state index contributed by atoms with van der Waals surface area (Å²) in [4.78, 5) is 16.2. The van der Waals surface area contributed by atoms with Gasteiger partial charge >= 0.3 is 0 Å². The summed E-state index contributed by atoms with van der Waals surface area (Å²) in [5.74, 6) is 1.00. The first kappa shape index (κ1) is 16.0. The lowest BCUT2D eigenvalue weighted by Crippen LogP contribution is -2.15. The number of para-hydroxylation sites is 1. The predicted octanol–water partition coefficient (Wildman–Crippen LogP) is 4.04. The molecule has 26 heavy (non-hydrogen) atoms. The fourth-order valence-corrected chi connectivity index (χ4v) is 3.17. The van der Waals surface area contributed by atoms with Crippen molar-refractivity contribution < 1.29 is 14.3 Å². The number of benzene rings is 2. The number of allylic oxidation sites excluding steroid dienone is 1. The third-order valence-electron chi connectivity index (χ3n) is 4.36. The highest BCUT2D eigenvalue weighted by molar-refractivity contribution is 6.20. The fraction of sp³-hybridized carbons (Fsp3) is 0.143. The summed E-state index contributed by atoms with van der Waals surface area (Å²) < 4.78 is 11.1. The van der Waals surface area contributed by atoms with Crippen LogP contribution in [-0.2, 0) is 0 Å². The Labute approximate surface area is 150 Å². The second-order valence-electron chi connectivity index (χ2n) is 6.07. The highest BCUT2D eigenvalue weighted by Crippen LogP contribution is 2.32. The van der Waals surface area contributed by atoms with E-state index in [1.165, 1.54) is 0 Å². The topological polar surface area (TPSA) is 75.1 Å². The summed E-state index contributed by atoms with van der Waals surface area (Å²) in [6.45, 7) is 2.84. The van der Waals surface area contributed by atoms with Crippen LogP contribution >= 0.6 is 0 Å². The van der Waals surface area contributed by atoms with Crippen molar-refractivity contribution in [1.82, 2.24) is 4.98 Å². The van der Waals surface area contributed by atoms with Crippen LogP contribution in [-0.4, -0.2) is 24.0 Å². The lowest BCUT2D eigenvalue weighted by atomic mass is 9.99. The molecule has 1 aliphatic heterocycles. The van der Waals surface area contributed by atoms with E-state index in [0.717, 1.165) is 22.2 Å². The molecule has 0 aliphatic carbocycles. The number of nitriles is 1. The number of ether oxygens (including phenoxy) is 2. The lowest BCUT2D eigenvalue weighted by molar-refractivity contribution is 0.104.